The number of methoxy groups -OCH3 is 1. The van der Waals surface area contributed by atoms with Crippen molar-refractivity contribution in [2.75, 3.05) is 25.5 Å². The molecule has 0 aliphatic rings. The zero-order valence-electron chi connectivity index (χ0n) is 17.9. The van der Waals surface area contributed by atoms with Gasteiger partial charge in [-0.25, -0.2) is 8.42 Å². The van der Waals surface area contributed by atoms with Crippen molar-refractivity contribution >= 4 is 37.5 Å². The first kappa shape index (κ1) is 24.0. The van der Waals surface area contributed by atoms with E-state index in [0.29, 0.717) is 16.6 Å². The van der Waals surface area contributed by atoms with Crippen molar-refractivity contribution in [2.24, 2.45) is 0 Å². The molecule has 0 aliphatic carbocycles. The van der Waals surface area contributed by atoms with Crippen LogP contribution < -0.4 is 10.1 Å². The van der Waals surface area contributed by atoms with Crippen LogP contribution in [0.15, 0.2) is 82.2 Å². The van der Waals surface area contributed by atoms with Crippen molar-refractivity contribution in [3.63, 3.8) is 0 Å². The molecule has 32 heavy (non-hydrogen) atoms. The molecular formula is C24H25BrN2O4S. The molecule has 0 aromatic heterocycles. The lowest BCUT2D eigenvalue weighted by Gasteiger charge is -2.23. The molecule has 6 nitrogen and oxygen atoms in total. The summed E-state index contributed by atoms with van der Waals surface area (Å²) in [7, 11) is -2.57. The molecule has 0 saturated carbocycles. The third-order valence-corrected chi connectivity index (χ3v) is 7.46. The van der Waals surface area contributed by atoms with Crippen molar-refractivity contribution in [3.8, 4) is 5.75 Å². The number of carbonyl (C=O) groups is 1. The summed E-state index contributed by atoms with van der Waals surface area (Å²) in [5.41, 5.74) is 2.34. The fourth-order valence-electron chi connectivity index (χ4n) is 3.22. The lowest BCUT2D eigenvalue weighted by molar-refractivity contribution is -0.116. The van der Waals surface area contributed by atoms with E-state index in [2.05, 4.69) is 21.2 Å². The van der Waals surface area contributed by atoms with E-state index < -0.39 is 15.9 Å². The van der Waals surface area contributed by atoms with Gasteiger partial charge in [-0.1, -0.05) is 48.5 Å². The number of anilines is 1. The largest absolute Gasteiger partial charge is 0.495 e. The Balaban J connectivity index is 1.90. The van der Waals surface area contributed by atoms with Gasteiger partial charge in [0.25, 0.3) is 0 Å². The normalized spacial score (nSPS) is 11.4. The number of nitrogens with zero attached hydrogens (tertiary/aromatic N) is 1. The van der Waals surface area contributed by atoms with Gasteiger partial charge in [-0.05, 0) is 64.7 Å². The average Bonchev–Trinajstić information content (AvgIpc) is 2.78. The molecule has 3 rings (SSSR count). The fourth-order valence-corrected chi connectivity index (χ4v) is 5.24. The minimum atomic E-state index is -4.00. The van der Waals surface area contributed by atoms with E-state index in [-0.39, 0.29) is 23.7 Å². The van der Waals surface area contributed by atoms with Crippen molar-refractivity contribution in [1.29, 1.82) is 0 Å². The van der Waals surface area contributed by atoms with E-state index in [9.17, 15) is 13.2 Å². The summed E-state index contributed by atoms with van der Waals surface area (Å²) in [4.78, 5) is 12.9. The second kappa shape index (κ2) is 10.8. The third-order valence-electron chi connectivity index (χ3n) is 4.90. The van der Waals surface area contributed by atoms with Crippen molar-refractivity contribution in [3.05, 3.63) is 88.4 Å². The lowest BCUT2D eigenvalue weighted by atomic mass is 10.1. The van der Waals surface area contributed by atoms with Crippen LogP contribution in [0.4, 0.5) is 5.69 Å². The van der Waals surface area contributed by atoms with Gasteiger partial charge in [0, 0.05) is 11.0 Å². The summed E-state index contributed by atoms with van der Waals surface area (Å²) in [5, 5.41) is 2.78. The number of hydrogen-bond donors (Lipinski definition) is 1. The van der Waals surface area contributed by atoms with E-state index in [1.54, 1.807) is 36.4 Å². The highest BCUT2D eigenvalue weighted by Crippen LogP contribution is 2.28. The van der Waals surface area contributed by atoms with E-state index in [0.717, 1.165) is 11.1 Å². The van der Waals surface area contributed by atoms with E-state index in [4.69, 9.17) is 4.74 Å². The zero-order chi connectivity index (χ0) is 23.1. The molecule has 1 amide bonds. The Hall–Kier alpha value is -2.68. The van der Waals surface area contributed by atoms with Crippen LogP contribution in [0.3, 0.4) is 0 Å². The van der Waals surface area contributed by atoms with Crippen LogP contribution in [0, 0.1) is 6.92 Å². The maximum Gasteiger partial charge on any atom is 0.247 e. The molecule has 0 bridgehead atoms. The summed E-state index contributed by atoms with van der Waals surface area (Å²) < 4.78 is 34.4. The van der Waals surface area contributed by atoms with Crippen LogP contribution in [0.5, 0.6) is 5.75 Å². The number of amides is 1. The van der Waals surface area contributed by atoms with E-state index in [1.165, 1.54) is 11.4 Å². The Bertz CT molecular complexity index is 1180. The average molecular weight is 517 g/mol. The molecule has 0 spiro atoms. The van der Waals surface area contributed by atoms with Gasteiger partial charge in [-0.15, -0.1) is 0 Å². The molecule has 0 fully saturated rings. The molecule has 0 unspecified atom stereocenters. The first-order valence-corrected chi connectivity index (χ1v) is 12.3. The molecule has 3 aromatic rings. The van der Waals surface area contributed by atoms with Crippen LogP contribution in [-0.2, 0) is 21.2 Å². The van der Waals surface area contributed by atoms with Gasteiger partial charge >= 0.3 is 0 Å². The quantitative estimate of drug-likeness (QED) is 0.449. The van der Waals surface area contributed by atoms with Crippen LogP contribution in [0.25, 0.3) is 0 Å². The molecule has 0 saturated heterocycles. The standard InChI is InChI=1S/C24H25BrN2O4S/c1-18-12-13-22(31-2)23(16-18)32(29,30)27(15-14-19-8-4-3-5-9-19)17-24(28)26-21-11-7-6-10-20(21)25/h3-13,16H,14-15,17H2,1-2H3,(H,26,28). The Morgan fingerprint density at radius 1 is 1.03 bits per heavy atom. The fraction of sp³-hybridized carbons (Fsp3) is 0.208. The van der Waals surface area contributed by atoms with Gasteiger partial charge in [-0.3, -0.25) is 4.79 Å². The molecule has 8 heteroatoms. The summed E-state index contributed by atoms with van der Waals surface area (Å²) >= 11 is 3.39. The number of halogens is 1. The SMILES string of the molecule is COc1ccc(C)cc1S(=O)(=O)N(CCc1ccccc1)CC(=O)Nc1ccccc1Br. The molecule has 0 radical (unpaired) electrons. The number of para-hydroxylation sites is 1. The van der Waals surface area contributed by atoms with Gasteiger partial charge in [-0.2, -0.15) is 4.31 Å². The Kier molecular flexibility index (Phi) is 8.06. The summed E-state index contributed by atoms with van der Waals surface area (Å²) in [5.74, 6) is -0.188. The number of nitrogens with one attached hydrogen (secondary N) is 1. The number of carbonyl (C=O) groups excluding carboxylic acids is 1. The molecule has 0 heterocycles. The number of ether oxygens (including phenoxy) is 1. The maximum absolute atomic E-state index is 13.6. The zero-order valence-corrected chi connectivity index (χ0v) is 20.3. The maximum atomic E-state index is 13.6. The van der Waals surface area contributed by atoms with Gasteiger partial charge in [0.15, 0.2) is 0 Å². The first-order chi connectivity index (χ1) is 15.3. The van der Waals surface area contributed by atoms with Gasteiger partial charge in [0.1, 0.15) is 10.6 Å². The van der Waals surface area contributed by atoms with Crippen LogP contribution in [-0.4, -0.2) is 38.8 Å². The molecule has 1 N–H and O–H groups in total. The van der Waals surface area contributed by atoms with Gasteiger partial charge in [0.05, 0.1) is 19.3 Å². The van der Waals surface area contributed by atoms with Gasteiger partial charge in [0.2, 0.25) is 15.9 Å². The number of benzene rings is 3. The number of rotatable bonds is 9. The minimum absolute atomic E-state index is 0.0433. The van der Waals surface area contributed by atoms with Crippen LogP contribution in [0.2, 0.25) is 0 Å². The number of sulfonamides is 1. The summed E-state index contributed by atoms with van der Waals surface area (Å²) in [6, 6.07) is 21.7. The predicted molar refractivity (Wildman–Crippen MR) is 129 cm³/mol. The highest BCUT2D eigenvalue weighted by molar-refractivity contribution is 9.10. The monoisotopic (exact) mass is 516 g/mol. The van der Waals surface area contributed by atoms with Crippen molar-refractivity contribution in [2.45, 2.75) is 18.2 Å². The molecular weight excluding hydrogens is 492 g/mol. The molecule has 168 valence electrons. The van der Waals surface area contributed by atoms with Crippen LogP contribution >= 0.6 is 15.9 Å². The second-order valence-corrected chi connectivity index (χ2v) is 10.0. The highest BCUT2D eigenvalue weighted by Gasteiger charge is 2.29. The van der Waals surface area contributed by atoms with Crippen LogP contribution in [0.1, 0.15) is 11.1 Å². The third kappa shape index (κ3) is 5.97. The predicted octanol–water partition coefficient (Wildman–Crippen LogP) is 4.64. The summed E-state index contributed by atoms with van der Waals surface area (Å²) in [6.07, 6.45) is 0.469. The smallest absolute Gasteiger partial charge is 0.247 e. The van der Waals surface area contributed by atoms with E-state index in [1.807, 2.05) is 43.3 Å². The Labute approximate surface area is 197 Å². The number of hydrogen-bond acceptors (Lipinski definition) is 4. The van der Waals surface area contributed by atoms with Gasteiger partial charge < -0.3 is 10.1 Å². The highest BCUT2D eigenvalue weighted by atomic mass is 79.9. The Morgan fingerprint density at radius 3 is 2.41 bits per heavy atom. The number of aryl methyl sites for hydroxylation is 1. The topological polar surface area (TPSA) is 75.7 Å². The van der Waals surface area contributed by atoms with Crippen molar-refractivity contribution in [1.82, 2.24) is 4.31 Å². The first-order valence-electron chi connectivity index (χ1n) is 10.0. The van der Waals surface area contributed by atoms with Crippen molar-refractivity contribution < 1.29 is 17.9 Å². The summed E-state index contributed by atoms with van der Waals surface area (Å²) in [6.45, 7) is 1.63. The molecule has 0 aliphatic heterocycles. The van der Waals surface area contributed by atoms with E-state index >= 15 is 0 Å². The minimum Gasteiger partial charge on any atom is -0.495 e. The molecule has 3 aromatic carbocycles. The Morgan fingerprint density at radius 2 is 1.72 bits per heavy atom. The lowest BCUT2D eigenvalue weighted by Crippen LogP contribution is -2.39. The second-order valence-electron chi connectivity index (χ2n) is 7.26. The molecule has 0 atom stereocenters.